The molecule has 7 heteroatoms. The third kappa shape index (κ3) is 3.02. The van der Waals surface area contributed by atoms with Crippen molar-refractivity contribution < 1.29 is 10.0 Å². The van der Waals surface area contributed by atoms with Crippen LogP contribution in [-0.4, -0.2) is 39.0 Å². The summed E-state index contributed by atoms with van der Waals surface area (Å²) in [6.07, 6.45) is 4.29. The van der Waals surface area contributed by atoms with Crippen molar-refractivity contribution in [3.8, 4) is 0 Å². The molecule has 0 bridgehead atoms. The summed E-state index contributed by atoms with van der Waals surface area (Å²) >= 11 is 0. The number of rotatable bonds is 6. The highest BCUT2D eigenvalue weighted by atomic mass is 16.6. The first-order valence-electron chi connectivity index (χ1n) is 7.56. The lowest BCUT2D eigenvalue weighted by atomic mass is 10.1. The highest BCUT2D eigenvalue weighted by molar-refractivity contribution is 5.63. The maximum Gasteiger partial charge on any atom is 0.334 e. The molecular weight excluding hydrogens is 272 g/mol. The van der Waals surface area contributed by atoms with Gasteiger partial charge in [0.2, 0.25) is 5.82 Å². The number of aromatic nitrogens is 2. The zero-order valence-corrected chi connectivity index (χ0v) is 12.9. The highest BCUT2D eigenvalue weighted by Crippen LogP contribution is 2.38. The van der Waals surface area contributed by atoms with E-state index in [1.807, 2.05) is 18.7 Å². The molecule has 0 saturated heterocycles. The number of aliphatic hydroxyl groups excluding tert-OH is 1. The number of hydrogen-bond donors (Lipinski definition) is 1. The largest absolute Gasteiger partial charge is 0.395 e. The zero-order chi connectivity index (χ0) is 15.6. The van der Waals surface area contributed by atoms with Gasteiger partial charge >= 0.3 is 5.69 Å². The average molecular weight is 296 g/mol. The lowest BCUT2D eigenvalue weighted by molar-refractivity contribution is -0.385. The number of nitro groups is 1. The highest BCUT2D eigenvalue weighted by Gasteiger charge is 2.35. The summed E-state index contributed by atoms with van der Waals surface area (Å²) < 4.78 is 1.60. The summed E-state index contributed by atoms with van der Waals surface area (Å²) in [6.45, 7) is 4.20. The number of aryl methyl sites for hydroxylation is 1. The molecule has 1 N–H and O–H groups in total. The predicted octanol–water partition coefficient (Wildman–Crippen LogP) is 2.19. The van der Waals surface area contributed by atoms with Crippen molar-refractivity contribution in [2.75, 3.05) is 18.1 Å². The Bertz CT molecular complexity index is 507. The van der Waals surface area contributed by atoms with Crippen molar-refractivity contribution >= 4 is 11.5 Å². The van der Waals surface area contributed by atoms with Crippen LogP contribution in [-0.2, 0) is 7.05 Å². The Hall–Kier alpha value is -1.63. The van der Waals surface area contributed by atoms with Gasteiger partial charge < -0.3 is 10.0 Å². The summed E-state index contributed by atoms with van der Waals surface area (Å²) in [5.74, 6) is 0.523. The molecule has 2 rings (SSSR count). The van der Waals surface area contributed by atoms with Crippen LogP contribution in [0.15, 0.2) is 0 Å². The second-order valence-electron chi connectivity index (χ2n) is 5.95. The first-order chi connectivity index (χ1) is 9.97. The fourth-order valence-electron chi connectivity index (χ4n) is 3.20. The Kier molecular flexibility index (Phi) is 4.82. The summed E-state index contributed by atoms with van der Waals surface area (Å²) in [5, 5.41) is 25.3. The van der Waals surface area contributed by atoms with E-state index in [9.17, 15) is 15.2 Å². The average Bonchev–Trinajstić information content (AvgIpc) is 3.03. The Morgan fingerprint density at radius 1 is 1.48 bits per heavy atom. The van der Waals surface area contributed by atoms with E-state index in [-0.39, 0.29) is 29.2 Å². The number of nitrogens with zero attached hydrogens (tertiary/aromatic N) is 4. The van der Waals surface area contributed by atoms with Crippen LogP contribution in [0.2, 0.25) is 0 Å². The smallest absolute Gasteiger partial charge is 0.334 e. The van der Waals surface area contributed by atoms with Crippen molar-refractivity contribution in [1.82, 2.24) is 9.78 Å². The van der Waals surface area contributed by atoms with E-state index in [1.165, 1.54) is 0 Å². The first kappa shape index (κ1) is 15.8. The van der Waals surface area contributed by atoms with Crippen LogP contribution >= 0.6 is 0 Å². The minimum atomic E-state index is -0.336. The van der Waals surface area contributed by atoms with Gasteiger partial charge in [0.1, 0.15) is 5.69 Å². The van der Waals surface area contributed by atoms with Crippen LogP contribution < -0.4 is 4.90 Å². The Morgan fingerprint density at radius 3 is 2.57 bits per heavy atom. The van der Waals surface area contributed by atoms with Crippen molar-refractivity contribution in [3.63, 3.8) is 0 Å². The molecule has 0 aromatic carbocycles. The Labute approximate surface area is 124 Å². The van der Waals surface area contributed by atoms with Crippen molar-refractivity contribution in [3.05, 3.63) is 15.8 Å². The molecule has 1 heterocycles. The van der Waals surface area contributed by atoms with Gasteiger partial charge in [0, 0.05) is 25.6 Å². The van der Waals surface area contributed by atoms with Gasteiger partial charge in [-0.2, -0.15) is 5.10 Å². The second-order valence-corrected chi connectivity index (χ2v) is 5.95. The third-order valence-corrected chi connectivity index (χ3v) is 4.13. The van der Waals surface area contributed by atoms with E-state index < -0.39 is 0 Å². The van der Waals surface area contributed by atoms with Gasteiger partial charge in [0.15, 0.2) is 0 Å². The molecular formula is C14H24N4O3. The normalized spacial score (nSPS) is 15.9. The summed E-state index contributed by atoms with van der Waals surface area (Å²) in [5.41, 5.74) is 0.603. The SMILES string of the molecule is CC(C)c1nn(C)c(N(CCO)C2CCCC2)c1[N+](=O)[O-]. The summed E-state index contributed by atoms with van der Waals surface area (Å²) in [4.78, 5) is 13.2. The van der Waals surface area contributed by atoms with Crippen LogP contribution in [0.1, 0.15) is 51.1 Å². The third-order valence-electron chi connectivity index (χ3n) is 4.13. The van der Waals surface area contributed by atoms with Gasteiger partial charge in [0.05, 0.1) is 11.5 Å². The zero-order valence-electron chi connectivity index (χ0n) is 12.9. The van der Waals surface area contributed by atoms with Gasteiger partial charge in [0.25, 0.3) is 0 Å². The van der Waals surface area contributed by atoms with Crippen LogP contribution in [0.5, 0.6) is 0 Å². The van der Waals surface area contributed by atoms with Gasteiger partial charge in [-0.25, -0.2) is 4.68 Å². The van der Waals surface area contributed by atoms with E-state index in [4.69, 9.17) is 0 Å². The van der Waals surface area contributed by atoms with Crippen molar-refractivity contribution in [1.29, 1.82) is 0 Å². The lowest BCUT2D eigenvalue weighted by Crippen LogP contribution is -2.37. The lowest BCUT2D eigenvalue weighted by Gasteiger charge is -2.29. The van der Waals surface area contributed by atoms with Gasteiger partial charge in [-0.15, -0.1) is 0 Å². The number of aliphatic hydroxyl groups is 1. The molecule has 1 aromatic rings. The van der Waals surface area contributed by atoms with E-state index in [2.05, 4.69) is 5.10 Å². The Balaban J connectivity index is 2.50. The number of hydrogen-bond acceptors (Lipinski definition) is 5. The molecule has 1 aromatic heterocycles. The standard InChI is InChI=1S/C14H24N4O3/c1-10(2)12-13(18(20)21)14(16(3)15-12)17(8-9-19)11-6-4-5-7-11/h10-11,19H,4-9H2,1-3H3. The second kappa shape index (κ2) is 6.43. The van der Waals surface area contributed by atoms with Crippen molar-refractivity contribution in [2.24, 2.45) is 7.05 Å². The molecule has 118 valence electrons. The molecule has 0 amide bonds. The number of anilines is 1. The molecule has 1 aliphatic rings. The van der Waals surface area contributed by atoms with Crippen LogP contribution in [0, 0.1) is 10.1 Å². The van der Waals surface area contributed by atoms with Gasteiger partial charge in [-0.1, -0.05) is 26.7 Å². The molecule has 7 nitrogen and oxygen atoms in total. The van der Waals surface area contributed by atoms with E-state index in [1.54, 1.807) is 11.7 Å². The molecule has 1 aliphatic carbocycles. The molecule has 0 unspecified atom stereocenters. The van der Waals surface area contributed by atoms with Gasteiger partial charge in [-0.3, -0.25) is 10.1 Å². The van der Waals surface area contributed by atoms with Crippen LogP contribution in [0.3, 0.4) is 0 Å². The quantitative estimate of drug-likeness (QED) is 0.642. The minimum Gasteiger partial charge on any atom is -0.395 e. The summed E-state index contributed by atoms with van der Waals surface area (Å²) in [6, 6.07) is 0.256. The minimum absolute atomic E-state index is 0.00935. The molecule has 0 atom stereocenters. The monoisotopic (exact) mass is 296 g/mol. The van der Waals surface area contributed by atoms with Gasteiger partial charge in [-0.05, 0) is 12.8 Å². The summed E-state index contributed by atoms with van der Waals surface area (Å²) in [7, 11) is 1.74. The maximum absolute atomic E-state index is 11.5. The van der Waals surface area contributed by atoms with E-state index >= 15 is 0 Å². The molecule has 0 radical (unpaired) electrons. The molecule has 1 fully saturated rings. The predicted molar refractivity (Wildman–Crippen MR) is 80.6 cm³/mol. The maximum atomic E-state index is 11.5. The van der Waals surface area contributed by atoms with E-state index in [0.29, 0.717) is 18.1 Å². The van der Waals surface area contributed by atoms with Crippen LogP contribution in [0.4, 0.5) is 11.5 Å². The Morgan fingerprint density at radius 2 is 2.10 bits per heavy atom. The van der Waals surface area contributed by atoms with Crippen LogP contribution in [0.25, 0.3) is 0 Å². The molecule has 0 aliphatic heterocycles. The van der Waals surface area contributed by atoms with Crippen molar-refractivity contribution in [2.45, 2.75) is 51.5 Å². The molecule has 0 spiro atoms. The fourth-order valence-corrected chi connectivity index (χ4v) is 3.20. The molecule has 1 saturated carbocycles. The first-order valence-corrected chi connectivity index (χ1v) is 7.56. The molecule has 21 heavy (non-hydrogen) atoms. The fraction of sp³-hybridized carbons (Fsp3) is 0.786. The topological polar surface area (TPSA) is 84.4 Å². The van der Waals surface area contributed by atoms with E-state index in [0.717, 1.165) is 25.7 Å².